The molecule has 0 fully saturated rings. The number of nitrogens with zero attached hydrogens (tertiary/aromatic N) is 3. The molecule has 0 aliphatic carbocycles. The molecule has 0 N–H and O–H groups in total. The normalized spacial score (nSPS) is 11.1. The van der Waals surface area contributed by atoms with Crippen LogP contribution < -0.4 is 0 Å². The Balaban J connectivity index is 1.67. The Hall–Kier alpha value is -2.92. The van der Waals surface area contributed by atoms with Crippen molar-refractivity contribution in [2.75, 3.05) is 0 Å². The zero-order chi connectivity index (χ0) is 22.2. The topological polar surface area (TPSA) is 30.7 Å². The maximum Gasteiger partial charge on any atom is 0.211 e. The smallest absolute Gasteiger partial charge is 0.211 e. The third-order valence-corrected chi connectivity index (χ3v) is 6.72. The lowest BCUT2D eigenvalue weighted by Gasteiger charge is -2.05. The van der Waals surface area contributed by atoms with Crippen molar-refractivity contribution in [2.45, 2.75) is 13.8 Å². The summed E-state index contributed by atoms with van der Waals surface area (Å²) in [4.78, 5) is 4.86. The largest absolute Gasteiger partial charge is 0.218 e. The van der Waals surface area contributed by atoms with E-state index in [4.69, 9.17) is 33.3 Å². The summed E-state index contributed by atoms with van der Waals surface area (Å²) >= 11 is 14.5. The van der Waals surface area contributed by atoms with Crippen LogP contribution in [0.25, 0.3) is 38.9 Å². The van der Waals surface area contributed by atoms with Gasteiger partial charge in [-0.15, -0.1) is 11.3 Å². The summed E-state index contributed by atoms with van der Waals surface area (Å²) in [6, 6.07) is 24.2. The number of hydrogen-bond acceptors (Lipinski definition) is 3. The molecular weight excluding hydrogens is 457 g/mol. The molecule has 6 heteroatoms. The van der Waals surface area contributed by atoms with Gasteiger partial charge < -0.3 is 0 Å². The molecule has 3 nitrogen and oxygen atoms in total. The van der Waals surface area contributed by atoms with Gasteiger partial charge in [-0.2, -0.15) is 5.10 Å². The predicted molar refractivity (Wildman–Crippen MR) is 135 cm³/mol. The van der Waals surface area contributed by atoms with Crippen LogP contribution in [-0.2, 0) is 0 Å². The Labute approximate surface area is 200 Å². The summed E-state index contributed by atoms with van der Waals surface area (Å²) in [6.45, 7) is 4.13. The monoisotopic (exact) mass is 475 g/mol. The van der Waals surface area contributed by atoms with Crippen molar-refractivity contribution in [3.8, 4) is 38.9 Å². The molecular formula is C26H19Cl2N3S. The van der Waals surface area contributed by atoms with Crippen LogP contribution in [0, 0.1) is 13.8 Å². The molecule has 0 saturated carbocycles. The first-order valence-electron chi connectivity index (χ1n) is 10.1. The van der Waals surface area contributed by atoms with E-state index in [1.165, 1.54) is 22.5 Å². The fraction of sp³-hybridized carbons (Fsp3) is 0.0769. The van der Waals surface area contributed by atoms with Gasteiger partial charge >= 0.3 is 0 Å². The standard InChI is InChI=1S/C26H19Cl2N3S/c1-16-3-7-19(8-4-16)24-23(28)25(20-9-5-17(2)6-10-20)31(30-24)26-29-22(15-32-26)18-11-13-21(27)14-12-18/h3-15H,1-2H3. The van der Waals surface area contributed by atoms with Crippen LogP contribution in [0.1, 0.15) is 11.1 Å². The van der Waals surface area contributed by atoms with E-state index in [9.17, 15) is 0 Å². The number of benzene rings is 3. The van der Waals surface area contributed by atoms with Gasteiger partial charge in [-0.3, -0.25) is 0 Å². The second-order valence-electron chi connectivity index (χ2n) is 7.68. The summed E-state index contributed by atoms with van der Waals surface area (Å²) in [5.41, 5.74) is 7.80. The van der Waals surface area contributed by atoms with Gasteiger partial charge in [0, 0.05) is 27.1 Å². The van der Waals surface area contributed by atoms with Crippen LogP contribution >= 0.6 is 34.5 Å². The van der Waals surface area contributed by atoms with E-state index < -0.39 is 0 Å². The Morgan fingerprint density at radius 1 is 0.719 bits per heavy atom. The van der Waals surface area contributed by atoms with Crippen LogP contribution in [-0.4, -0.2) is 14.8 Å². The molecule has 158 valence electrons. The average molecular weight is 476 g/mol. The molecule has 0 atom stereocenters. The van der Waals surface area contributed by atoms with Gasteiger partial charge in [-0.05, 0) is 26.0 Å². The molecule has 0 spiro atoms. The molecule has 3 aromatic carbocycles. The van der Waals surface area contributed by atoms with E-state index in [0.717, 1.165) is 38.9 Å². The van der Waals surface area contributed by atoms with Crippen LogP contribution in [0.4, 0.5) is 0 Å². The van der Waals surface area contributed by atoms with E-state index >= 15 is 0 Å². The molecule has 0 amide bonds. The summed E-state index contributed by atoms with van der Waals surface area (Å²) in [7, 11) is 0. The number of halogens is 2. The van der Waals surface area contributed by atoms with Gasteiger partial charge in [-0.25, -0.2) is 9.67 Å². The molecule has 32 heavy (non-hydrogen) atoms. The highest BCUT2D eigenvalue weighted by atomic mass is 35.5. The number of thiazole rings is 1. The first kappa shape index (κ1) is 21.0. The minimum Gasteiger partial charge on any atom is -0.218 e. The molecule has 0 aliphatic heterocycles. The minimum absolute atomic E-state index is 0.612. The molecule has 0 bridgehead atoms. The highest BCUT2D eigenvalue weighted by molar-refractivity contribution is 7.12. The Kier molecular flexibility index (Phi) is 5.60. The van der Waals surface area contributed by atoms with Crippen molar-refractivity contribution < 1.29 is 0 Å². The van der Waals surface area contributed by atoms with Crippen LogP contribution in [0.5, 0.6) is 0 Å². The van der Waals surface area contributed by atoms with E-state index in [-0.39, 0.29) is 0 Å². The summed E-state index contributed by atoms with van der Waals surface area (Å²) in [5.74, 6) is 0. The number of rotatable bonds is 4. The number of aromatic nitrogens is 3. The zero-order valence-electron chi connectivity index (χ0n) is 17.5. The molecule has 0 saturated heterocycles. The van der Waals surface area contributed by atoms with Crippen LogP contribution in [0.15, 0.2) is 78.2 Å². The van der Waals surface area contributed by atoms with Crippen molar-refractivity contribution in [3.05, 3.63) is 99.3 Å². The zero-order valence-corrected chi connectivity index (χ0v) is 19.8. The van der Waals surface area contributed by atoms with Gasteiger partial charge in [-0.1, -0.05) is 95.0 Å². The predicted octanol–water partition coefficient (Wildman–Crippen LogP) is 8.25. The van der Waals surface area contributed by atoms with Gasteiger partial charge in [0.25, 0.3) is 0 Å². The van der Waals surface area contributed by atoms with Crippen LogP contribution in [0.2, 0.25) is 10.0 Å². The molecule has 0 unspecified atom stereocenters. The second kappa shape index (κ2) is 8.55. The SMILES string of the molecule is Cc1ccc(-c2nn(-c3nc(-c4ccc(Cl)cc4)cs3)c(-c3ccc(C)cc3)c2Cl)cc1. The molecule has 5 aromatic rings. The summed E-state index contributed by atoms with van der Waals surface area (Å²) < 4.78 is 1.85. The lowest BCUT2D eigenvalue weighted by Crippen LogP contribution is -1.99. The van der Waals surface area contributed by atoms with E-state index in [1.807, 2.05) is 46.5 Å². The highest BCUT2D eigenvalue weighted by Gasteiger charge is 2.22. The summed E-state index contributed by atoms with van der Waals surface area (Å²) in [5, 5.41) is 9.01. The third kappa shape index (κ3) is 3.97. The Morgan fingerprint density at radius 3 is 1.91 bits per heavy atom. The maximum absolute atomic E-state index is 6.95. The first-order valence-corrected chi connectivity index (χ1v) is 11.8. The van der Waals surface area contributed by atoms with E-state index in [2.05, 4.69) is 50.2 Å². The fourth-order valence-electron chi connectivity index (χ4n) is 3.51. The quantitative estimate of drug-likeness (QED) is 0.261. The fourth-order valence-corrected chi connectivity index (χ4v) is 4.76. The summed E-state index contributed by atoms with van der Waals surface area (Å²) in [6.07, 6.45) is 0. The van der Waals surface area contributed by atoms with Crippen molar-refractivity contribution >= 4 is 34.5 Å². The lowest BCUT2D eigenvalue weighted by atomic mass is 10.1. The molecule has 2 aromatic heterocycles. The van der Waals surface area contributed by atoms with Crippen molar-refractivity contribution in [2.24, 2.45) is 0 Å². The molecule has 5 rings (SSSR count). The van der Waals surface area contributed by atoms with Gasteiger partial charge in [0.15, 0.2) is 0 Å². The molecule has 2 heterocycles. The van der Waals surface area contributed by atoms with E-state index in [0.29, 0.717) is 10.0 Å². The van der Waals surface area contributed by atoms with Crippen LogP contribution in [0.3, 0.4) is 0 Å². The third-order valence-electron chi connectivity index (χ3n) is 5.29. The average Bonchev–Trinajstić information content (AvgIpc) is 3.41. The van der Waals surface area contributed by atoms with E-state index in [1.54, 1.807) is 0 Å². The second-order valence-corrected chi connectivity index (χ2v) is 9.33. The first-order chi connectivity index (χ1) is 15.5. The molecule has 0 radical (unpaired) electrons. The lowest BCUT2D eigenvalue weighted by molar-refractivity contribution is 0.881. The maximum atomic E-state index is 6.95. The Morgan fingerprint density at radius 2 is 1.28 bits per heavy atom. The number of hydrogen-bond donors (Lipinski definition) is 0. The van der Waals surface area contributed by atoms with Crippen molar-refractivity contribution in [3.63, 3.8) is 0 Å². The molecule has 0 aliphatic rings. The van der Waals surface area contributed by atoms with Gasteiger partial charge in [0.2, 0.25) is 5.13 Å². The van der Waals surface area contributed by atoms with Crippen molar-refractivity contribution in [1.29, 1.82) is 0 Å². The van der Waals surface area contributed by atoms with Gasteiger partial charge in [0.1, 0.15) is 5.69 Å². The minimum atomic E-state index is 0.612. The van der Waals surface area contributed by atoms with Gasteiger partial charge in [0.05, 0.1) is 16.4 Å². The Bertz CT molecular complexity index is 1380. The van der Waals surface area contributed by atoms with Crippen molar-refractivity contribution in [1.82, 2.24) is 14.8 Å². The highest BCUT2D eigenvalue weighted by Crippen LogP contribution is 2.39. The number of aryl methyl sites for hydroxylation is 2.